The van der Waals surface area contributed by atoms with Crippen molar-refractivity contribution in [2.45, 2.75) is 26.9 Å². The van der Waals surface area contributed by atoms with Crippen LogP contribution in [0.2, 0.25) is 10.0 Å². The van der Waals surface area contributed by atoms with E-state index in [0.717, 1.165) is 5.56 Å². The molecule has 0 saturated carbocycles. The van der Waals surface area contributed by atoms with Crippen molar-refractivity contribution in [2.75, 3.05) is 9.62 Å². The van der Waals surface area contributed by atoms with Crippen LogP contribution in [0.4, 0.5) is 17.1 Å². The Labute approximate surface area is 238 Å². The molecule has 4 aromatic rings. The van der Waals surface area contributed by atoms with Gasteiger partial charge in [0.25, 0.3) is 17.2 Å². The number of amides is 2. The molecule has 0 bridgehead atoms. The summed E-state index contributed by atoms with van der Waals surface area (Å²) in [7, 11) is 0. The van der Waals surface area contributed by atoms with E-state index in [1.54, 1.807) is 72.8 Å². The molecule has 202 valence electrons. The molecule has 3 aromatic carbocycles. The smallest absolute Gasteiger partial charge is 0.266 e. The van der Waals surface area contributed by atoms with Crippen molar-refractivity contribution < 1.29 is 22.8 Å². The second-order valence-electron chi connectivity index (χ2n) is 8.70. The van der Waals surface area contributed by atoms with E-state index < -0.39 is 11.3 Å². The number of carbonyl (C=O) groups excluding carboxylic acids is 2. The van der Waals surface area contributed by atoms with Crippen LogP contribution < -0.4 is 9.62 Å². The Morgan fingerprint density at radius 3 is 2.44 bits per heavy atom. The van der Waals surface area contributed by atoms with Crippen molar-refractivity contribution in [1.29, 1.82) is 0 Å². The summed E-state index contributed by atoms with van der Waals surface area (Å²) in [6, 6.07) is 20.0. The van der Waals surface area contributed by atoms with Crippen molar-refractivity contribution in [2.24, 2.45) is 0 Å². The molecular formula is C28H25Cl2N3O5S. The molecule has 0 aliphatic carbocycles. The number of hydrogen-bond acceptors (Lipinski definition) is 4. The van der Waals surface area contributed by atoms with Gasteiger partial charge in [-0.1, -0.05) is 41.4 Å². The van der Waals surface area contributed by atoms with Gasteiger partial charge >= 0.3 is 0 Å². The van der Waals surface area contributed by atoms with E-state index >= 15 is 0 Å². The monoisotopic (exact) mass is 585 g/mol. The Morgan fingerprint density at radius 1 is 1.00 bits per heavy atom. The van der Waals surface area contributed by atoms with Crippen LogP contribution in [-0.4, -0.2) is 25.5 Å². The minimum Gasteiger partial charge on any atom is -0.467 e. The van der Waals surface area contributed by atoms with Gasteiger partial charge < -0.3 is 14.6 Å². The molecule has 2 N–H and O–H groups in total. The maximum absolute atomic E-state index is 13.7. The van der Waals surface area contributed by atoms with Crippen molar-refractivity contribution >= 4 is 63.3 Å². The summed E-state index contributed by atoms with van der Waals surface area (Å²) < 4.78 is 29.8. The van der Waals surface area contributed by atoms with Gasteiger partial charge in [-0.05, 0) is 72.6 Å². The molecule has 0 spiro atoms. The van der Waals surface area contributed by atoms with Crippen LogP contribution in [0.25, 0.3) is 0 Å². The molecule has 0 aliphatic heterocycles. The average molecular weight is 586 g/mol. The first-order valence-corrected chi connectivity index (χ1v) is 13.6. The predicted octanol–water partition coefficient (Wildman–Crippen LogP) is 6.97. The molecule has 8 nitrogen and oxygen atoms in total. The Morgan fingerprint density at radius 2 is 1.77 bits per heavy atom. The van der Waals surface area contributed by atoms with Crippen LogP contribution >= 0.6 is 23.2 Å². The van der Waals surface area contributed by atoms with Gasteiger partial charge in [-0.3, -0.25) is 14.1 Å². The number of carbonyl (C=O) groups is 2. The number of furan rings is 1. The van der Waals surface area contributed by atoms with Crippen LogP contribution in [0, 0.1) is 6.92 Å². The van der Waals surface area contributed by atoms with Crippen LogP contribution in [0.5, 0.6) is 0 Å². The van der Waals surface area contributed by atoms with E-state index in [1.165, 1.54) is 22.4 Å². The van der Waals surface area contributed by atoms with E-state index in [0.29, 0.717) is 44.0 Å². The van der Waals surface area contributed by atoms with Gasteiger partial charge in [0.2, 0.25) is 5.91 Å². The summed E-state index contributed by atoms with van der Waals surface area (Å²) >= 11 is 10.2. The predicted molar refractivity (Wildman–Crippen MR) is 154 cm³/mol. The van der Waals surface area contributed by atoms with Gasteiger partial charge in [-0.15, -0.1) is 0 Å². The first-order chi connectivity index (χ1) is 18.6. The zero-order valence-corrected chi connectivity index (χ0v) is 23.4. The lowest BCUT2D eigenvalue weighted by atomic mass is 10.1. The summed E-state index contributed by atoms with van der Waals surface area (Å²) in [4.78, 5) is 26.9. The normalized spacial score (nSPS) is 11.6. The summed E-state index contributed by atoms with van der Waals surface area (Å²) in [6.45, 7) is 3.33. The van der Waals surface area contributed by atoms with Gasteiger partial charge in [0, 0.05) is 24.2 Å². The zero-order chi connectivity index (χ0) is 28.1. The molecule has 11 heteroatoms. The number of nitrogens with one attached hydrogen (secondary N) is 1. The lowest BCUT2D eigenvalue weighted by Crippen LogP contribution is -2.31. The first-order valence-electron chi connectivity index (χ1n) is 11.8. The third-order valence-electron chi connectivity index (χ3n) is 5.86. The number of rotatable bonds is 9. The third-order valence-corrected chi connectivity index (χ3v) is 7.15. The fourth-order valence-electron chi connectivity index (χ4n) is 4.05. The Balaban J connectivity index is 1.79. The highest BCUT2D eigenvalue weighted by molar-refractivity contribution is 7.81. The molecule has 0 saturated heterocycles. The topological polar surface area (TPSA) is 103 Å². The lowest BCUT2D eigenvalue weighted by Gasteiger charge is -2.28. The molecule has 39 heavy (non-hydrogen) atoms. The second-order valence-corrected chi connectivity index (χ2v) is 10.4. The molecule has 0 radical (unpaired) electrons. The number of aryl methyl sites for hydroxylation is 1. The van der Waals surface area contributed by atoms with Gasteiger partial charge in [0.15, 0.2) is 0 Å². The molecule has 1 heterocycles. The zero-order valence-electron chi connectivity index (χ0n) is 21.1. The molecule has 1 unspecified atom stereocenters. The number of nitrogens with zero attached hydrogens (tertiary/aromatic N) is 2. The maximum Gasteiger partial charge on any atom is 0.266 e. The summed E-state index contributed by atoms with van der Waals surface area (Å²) in [5.74, 6) is -0.0892. The van der Waals surface area contributed by atoms with E-state index in [-0.39, 0.29) is 24.9 Å². The molecule has 0 aliphatic rings. The quantitative estimate of drug-likeness (QED) is 0.206. The van der Waals surface area contributed by atoms with E-state index in [1.807, 2.05) is 6.92 Å². The Bertz CT molecular complexity index is 1530. The van der Waals surface area contributed by atoms with Crippen LogP contribution in [0.3, 0.4) is 0 Å². The summed E-state index contributed by atoms with van der Waals surface area (Å²) in [5.41, 5.74) is 2.77. The highest BCUT2D eigenvalue weighted by Gasteiger charge is 2.25. The number of hydrogen-bond donors (Lipinski definition) is 2. The lowest BCUT2D eigenvalue weighted by molar-refractivity contribution is -0.114. The molecule has 2 amide bonds. The van der Waals surface area contributed by atoms with Crippen LogP contribution in [0.1, 0.15) is 34.2 Å². The van der Waals surface area contributed by atoms with Crippen LogP contribution in [-0.2, 0) is 29.2 Å². The highest BCUT2D eigenvalue weighted by atomic mass is 35.5. The van der Waals surface area contributed by atoms with Gasteiger partial charge in [-0.2, -0.15) is 0 Å². The molecule has 1 atom stereocenters. The number of anilines is 3. The fourth-order valence-corrected chi connectivity index (χ4v) is 5.11. The van der Waals surface area contributed by atoms with Crippen LogP contribution in [0.15, 0.2) is 83.5 Å². The minimum absolute atomic E-state index is 0.0127. The van der Waals surface area contributed by atoms with E-state index in [2.05, 4.69) is 5.32 Å². The third kappa shape index (κ3) is 6.88. The van der Waals surface area contributed by atoms with Crippen molar-refractivity contribution in [3.63, 3.8) is 0 Å². The highest BCUT2D eigenvalue weighted by Crippen LogP contribution is 2.35. The van der Waals surface area contributed by atoms with Crippen molar-refractivity contribution in [3.05, 3.63) is 112 Å². The van der Waals surface area contributed by atoms with E-state index in [4.69, 9.17) is 27.6 Å². The average Bonchev–Trinajstić information content (AvgIpc) is 3.39. The second kappa shape index (κ2) is 12.5. The number of halogens is 2. The number of benzene rings is 3. The molecule has 4 rings (SSSR count). The fraction of sp³-hybridized carbons (Fsp3) is 0.143. The Kier molecular flexibility index (Phi) is 9.08. The van der Waals surface area contributed by atoms with Crippen molar-refractivity contribution in [3.8, 4) is 0 Å². The van der Waals surface area contributed by atoms with Gasteiger partial charge in [0.1, 0.15) is 5.76 Å². The Hall–Kier alpha value is -3.63. The molecule has 1 aromatic heterocycles. The summed E-state index contributed by atoms with van der Waals surface area (Å²) in [6.07, 6.45) is 1.51. The van der Waals surface area contributed by atoms with Gasteiger partial charge in [-0.25, -0.2) is 8.51 Å². The molecular weight excluding hydrogens is 561 g/mol. The van der Waals surface area contributed by atoms with Gasteiger partial charge in [0.05, 0.1) is 34.8 Å². The largest absolute Gasteiger partial charge is 0.467 e. The standard InChI is InChI=1S/C28H25Cl2N3O5S/c1-18-9-11-22(15-26(18)31-19(2)34)33(39(36)37)27-12-10-21(29)14-20(27)16-32(17-23-6-5-13-38-23)28(35)24-7-3-4-8-25(24)30/h3-15H,16-17H2,1-2H3,(H,31,34)(H,36,37). The SMILES string of the molecule is CC(=O)Nc1cc(N(c2ccc(Cl)cc2CN(Cc2ccco2)C(=O)c2ccccc2Cl)S(=O)O)ccc1C. The van der Waals surface area contributed by atoms with Crippen molar-refractivity contribution in [1.82, 2.24) is 4.90 Å². The molecule has 0 fully saturated rings. The van der Waals surface area contributed by atoms with E-state index in [9.17, 15) is 18.4 Å². The minimum atomic E-state index is -2.51. The summed E-state index contributed by atoms with van der Waals surface area (Å²) in [5, 5.41) is 3.41. The maximum atomic E-state index is 13.7. The first kappa shape index (κ1) is 28.4.